The van der Waals surface area contributed by atoms with Crippen LogP contribution in [0.2, 0.25) is 5.02 Å². The summed E-state index contributed by atoms with van der Waals surface area (Å²) < 4.78 is 11.1. The summed E-state index contributed by atoms with van der Waals surface area (Å²) in [7, 11) is 0. The molecular weight excluding hydrogens is 290 g/mol. The standard InChI is InChI=1S/C15H20ClN3O2/c1-5-20-12(15(2,3)4)13-18-14(21-19-13)9-6-7-11(17)10(16)8-9/h6-8,12H,5,17H2,1-4H3. The average molecular weight is 310 g/mol. The molecule has 5 nitrogen and oxygen atoms in total. The Hall–Kier alpha value is -1.59. The van der Waals surface area contributed by atoms with E-state index < -0.39 is 0 Å². The van der Waals surface area contributed by atoms with Crippen molar-refractivity contribution in [3.8, 4) is 11.5 Å². The largest absolute Gasteiger partial charge is 0.398 e. The minimum atomic E-state index is -0.232. The molecule has 6 heteroatoms. The van der Waals surface area contributed by atoms with Crippen LogP contribution in [0.4, 0.5) is 5.69 Å². The summed E-state index contributed by atoms with van der Waals surface area (Å²) >= 11 is 6.02. The normalized spacial score (nSPS) is 13.4. The van der Waals surface area contributed by atoms with E-state index in [-0.39, 0.29) is 11.5 Å². The summed E-state index contributed by atoms with van der Waals surface area (Å²) in [6.07, 6.45) is -0.232. The number of anilines is 1. The first-order chi connectivity index (χ1) is 9.82. The second kappa shape index (κ2) is 6.03. The topological polar surface area (TPSA) is 74.2 Å². The van der Waals surface area contributed by atoms with Crippen molar-refractivity contribution < 1.29 is 9.26 Å². The molecule has 1 unspecified atom stereocenters. The molecule has 1 atom stereocenters. The van der Waals surface area contributed by atoms with E-state index in [0.29, 0.717) is 29.0 Å². The van der Waals surface area contributed by atoms with Gasteiger partial charge in [0, 0.05) is 12.2 Å². The number of hydrogen-bond donors (Lipinski definition) is 1. The Morgan fingerprint density at radius 3 is 2.67 bits per heavy atom. The number of benzene rings is 1. The lowest BCUT2D eigenvalue weighted by molar-refractivity contribution is -0.0203. The van der Waals surface area contributed by atoms with E-state index in [1.165, 1.54) is 0 Å². The summed E-state index contributed by atoms with van der Waals surface area (Å²) in [4.78, 5) is 4.43. The van der Waals surface area contributed by atoms with E-state index in [2.05, 4.69) is 30.9 Å². The van der Waals surface area contributed by atoms with Gasteiger partial charge in [-0.25, -0.2) is 0 Å². The Kier molecular flexibility index (Phi) is 4.54. The quantitative estimate of drug-likeness (QED) is 0.861. The third kappa shape index (κ3) is 3.54. The maximum absolute atomic E-state index is 6.02. The van der Waals surface area contributed by atoms with Gasteiger partial charge in [-0.05, 0) is 30.5 Å². The Morgan fingerprint density at radius 2 is 2.10 bits per heavy atom. The maximum atomic E-state index is 6.02. The number of nitrogen functional groups attached to an aromatic ring is 1. The highest BCUT2D eigenvalue weighted by molar-refractivity contribution is 6.33. The molecular formula is C15H20ClN3O2. The molecule has 2 aromatic rings. The first kappa shape index (κ1) is 15.8. The van der Waals surface area contributed by atoms with Gasteiger partial charge in [0.05, 0.1) is 10.7 Å². The van der Waals surface area contributed by atoms with Crippen LogP contribution in [0.5, 0.6) is 0 Å². The van der Waals surface area contributed by atoms with Gasteiger partial charge in [0.15, 0.2) is 0 Å². The molecule has 0 spiro atoms. The van der Waals surface area contributed by atoms with Gasteiger partial charge in [-0.3, -0.25) is 0 Å². The van der Waals surface area contributed by atoms with Crippen molar-refractivity contribution in [2.75, 3.05) is 12.3 Å². The minimum absolute atomic E-state index is 0.129. The van der Waals surface area contributed by atoms with E-state index in [0.717, 1.165) is 5.56 Å². The predicted octanol–water partition coefficient (Wildman–Crippen LogP) is 4.10. The first-order valence-electron chi connectivity index (χ1n) is 6.83. The highest BCUT2D eigenvalue weighted by atomic mass is 35.5. The Morgan fingerprint density at radius 1 is 1.38 bits per heavy atom. The van der Waals surface area contributed by atoms with Crippen LogP contribution in [0, 0.1) is 5.41 Å². The van der Waals surface area contributed by atoms with Crippen molar-refractivity contribution in [3.05, 3.63) is 29.0 Å². The van der Waals surface area contributed by atoms with E-state index in [9.17, 15) is 0 Å². The van der Waals surface area contributed by atoms with Crippen molar-refractivity contribution >= 4 is 17.3 Å². The van der Waals surface area contributed by atoms with Crippen LogP contribution in [-0.4, -0.2) is 16.7 Å². The zero-order valence-electron chi connectivity index (χ0n) is 12.7. The van der Waals surface area contributed by atoms with Crippen LogP contribution in [0.25, 0.3) is 11.5 Å². The van der Waals surface area contributed by atoms with Crippen LogP contribution in [0.1, 0.15) is 39.6 Å². The second-order valence-electron chi connectivity index (χ2n) is 5.90. The lowest BCUT2D eigenvalue weighted by atomic mass is 9.88. The molecule has 0 bridgehead atoms. The van der Waals surface area contributed by atoms with Gasteiger partial charge < -0.3 is 15.0 Å². The van der Waals surface area contributed by atoms with E-state index >= 15 is 0 Å². The van der Waals surface area contributed by atoms with E-state index in [1.54, 1.807) is 18.2 Å². The van der Waals surface area contributed by atoms with Gasteiger partial charge >= 0.3 is 0 Å². The van der Waals surface area contributed by atoms with E-state index in [4.69, 9.17) is 26.6 Å². The number of aromatic nitrogens is 2. The molecule has 21 heavy (non-hydrogen) atoms. The highest BCUT2D eigenvalue weighted by Gasteiger charge is 2.31. The summed E-state index contributed by atoms with van der Waals surface area (Å²) in [5.74, 6) is 0.938. The molecule has 0 aliphatic heterocycles. The summed E-state index contributed by atoms with van der Waals surface area (Å²) in [6.45, 7) is 8.75. The predicted molar refractivity (Wildman–Crippen MR) is 83.0 cm³/mol. The number of rotatable bonds is 4. The van der Waals surface area contributed by atoms with Crippen LogP contribution in [-0.2, 0) is 4.74 Å². The van der Waals surface area contributed by atoms with Gasteiger partial charge in [-0.15, -0.1) is 0 Å². The number of nitrogens with zero attached hydrogens (tertiary/aromatic N) is 2. The van der Waals surface area contributed by atoms with Crippen LogP contribution in [0.15, 0.2) is 22.7 Å². The Balaban J connectivity index is 2.33. The van der Waals surface area contributed by atoms with Crippen molar-refractivity contribution in [3.63, 3.8) is 0 Å². The summed E-state index contributed by atoms with van der Waals surface area (Å²) in [5, 5.41) is 4.51. The summed E-state index contributed by atoms with van der Waals surface area (Å²) in [5.41, 5.74) is 6.82. The molecule has 0 amide bonds. The molecule has 2 rings (SSSR count). The molecule has 0 aliphatic carbocycles. The molecule has 0 aliphatic rings. The minimum Gasteiger partial charge on any atom is -0.398 e. The fraction of sp³-hybridized carbons (Fsp3) is 0.467. The van der Waals surface area contributed by atoms with Crippen LogP contribution < -0.4 is 5.73 Å². The Bertz CT molecular complexity index is 620. The molecule has 0 saturated heterocycles. The lowest BCUT2D eigenvalue weighted by Crippen LogP contribution is -2.22. The second-order valence-corrected chi connectivity index (χ2v) is 6.30. The fourth-order valence-corrected chi connectivity index (χ4v) is 2.18. The zero-order valence-corrected chi connectivity index (χ0v) is 13.4. The van der Waals surface area contributed by atoms with E-state index in [1.807, 2.05) is 6.92 Å². The van der Waals surface area contributed by atoms with Gasteiger partial charge in [0.25, 0.3) is 5.89 Å². The summed E-state index contributed by atoms with van der Waals surface area (Å²) in [6, 6.07) is 5.22. The van der Waals surface area contributed by atoms with Crippen molar-refractivity contribution in [2.45, 2.75) is 33.8 Å². The molecule has 0 fully saturated rings. The van der Waals surface area contributed by atoms with Gasteiger partial charge in [-0.1, -0.05) is 37.5 Å². The monoisotopic (exact) mass is 309 g/mol. The number of nitrogens with two attached hydrogens (primary N) is 1. The van der Waals surface area contributed by atoms with Gasteiger partial charge in [-0.2, -0.15) is 4.98 Å². The molecule has 1 aromatic heterocycles. The molecule has 0 saturated carbocycles. The zero-order chi connectivity index (χ0) is 15.6. The van der Waals surface area contributed by atoms with Crippen LogP contribution in [0.3, 0.4) is 0 Å². The molecule has 2 N–H and O–H groups in total. The third-order valence-electron chi connectivity index (χ3n) is 3.04. The SMILES string of the molecule is CCOC(c1noc(-c2ccc(N)c(Cl)c2)n1)C(C)(C)C. The lowest BCUT2D eigenvalue weighted by Gasteiger charge is -2.27. The molecule has 1 aromatic carbocycles. The number of ether oxygens (including phenoxy) is 1. The first-order valence-corrected chi connectivity index (χ1v) is 7.21. The molecule has 0 radical (unpaired) electrons. The Labute approximate surface area is 129 Å². The van der Waals surface area contributed by atoms with Crippen molar-refractivity contribution in [1.82, 2.24) is 10.1 Å². The molecule has 1 heterocycles. The number of halogens is 1. The van der Waals surface area contributed by atoms with Gasteiger partial charge in [0.2, 0.25) is 5.82 Å². The van der Waals surface area contributed by atoms with Crippen molar-refractivity contribution in [2.24, 2.45) is 5.41 Å². The van der Waals surface area contributed by atoms with Crippen LogP contribution >= 0.6 is 11.6 Å². The third-order valence-corrected chi connectivity index (χ3v) is 3.37. The average Bonchev–Trinajstić information content (AvgIpc) is 2.87. The fourth-order valence-electron chi connectivity index (χ4n) is 2.00. The highest BCUT2D eigenvalue weighted by Crippen LogP contribution is 2.35. The molecule has 114 valence electrons. The van der Waals surface area contributed by atoms with Crippen molar-refractivity contribution in [1.29, 1.82) is 0 Å². The smallest absolute Gasteiger partial charge is 0.258 e. The van der Waals surface area contributed by atoms with Gasteiger partial charge in [0.1, 0.15) is 6.10 Å². The maximum Gasteiger partial charge on any atom is 0.258 e. The number of hydrogen-bond acceptors (Lipinski definition) is 5.